The number of nitrogens with zero attached hydrogens (tertiary/aromatic N) is 2. The molecule has 0 aliphatic carbocycles. The average molecular weight is 327 g/mol. The van der Waals surface area contributed by atoms with Gasteiger partial charge in [-0.1, -0.05) is 24.3 Å². The van der Waals surface area contributed by atoms with Gasteiger partial charge in [-0.2, -0.15) is 0 Å². The second-order valence-corrected chi connectivity index (χ2v) is 6.51. The Labute approximate surface area is 137 Å². The lowest BCUT2D eigenvalue weighted by Crippen LogP contribution is -2.23. The van der Waals surface area contributed by atoms with Crippen LogP contribution in [-0.2, 0) is 13.6 Å². The minimum absolute atomic E-state index is 0.123. The van der Waals surface area contributed by atoms with Crippen LogP contribution in [0.2, 0.25) is 0 Å². The van der Waals surface area contributed by atoms with Crippen molar-refractivity contribution >= 4 is 27.5 Å². The first-order valence-corrected chi connectivity index (χ1v) is 8.08. The van der Waals surface area contributed by atoms with Gasteiger partial charge in [0.25, 0.3) is 11.5 Å². The molecule has 0 saturated carbocycles. The summed E-state index contributed by atoms with van der Waals surface area (Å²) in [6.45, 7) is 4.27. The molecule has 6 heteroatoms. The number of carbonyl (C=O) groups excluding carboxylic acids is 1. The number of aromatic nitrogens is 2. The topological polar surface area (TPSA) is 64.0 Å². The van der Waals surface area contributed by atoms with Crippen LogP contribution in [0.15, 0.2) is 35.4 Å². The van der Waals surface area contributed by atoms with Crippen LogP contribution >= 0.6 is 11.3 Å². The number of nitrogens with one attached hydrogen (secondary N) is 1. The fourth-order valence-electron chi connectivity index (χ4n) is 2.49. The van der Waals surface area contributed by atoms with Crippen molar-refractivity contribution in [2.45, 2.75) is 20.4 Å². The van der Waals surface area contributed by atoms with E-state index in [1.807, 2.05) is 31.2 Å². The molecule has 0 bridgehead atoms. The Morgan fingerprint density at radius 1 is 1.30 bits per heavy atom. The minimum atomic E-state index is -0.171. The summed E-state index contributed by atoms with van der Waals surface area (Å²) in [7, 11) is 1.66. The minimum Gasteiger partial charge on any atom is -0.347 e. The first kappa shape index (κ1) is 15.4. The fraction of sp³-hybridized carbons (Fsp3) is 0.235. The van der Waals surface area contributed by atoms with Crippen LogP contribution in [-0.4, -0.2) is 15.5 Å². The monoisotopic (exact) mass is 327 g/mol. The van der Waals surface area contributed by atoms with E-state index in [0.717, 1.165) is 11.1 Å². The molecular formula is C17H17N3O2S. The van der Waals surface area contributed by atoms with Gasteiger partial charge in [0.05, 0.1) is 16.6 Å². The number of aryl methyl sites for hydroxylation is 3. The van der Waals surface area contributed by atoms with Crippen LogP contribution in [0.3, 0.4) is 0 Å². The molecule has 3 aromatic rings. The zero-order valence-electron chi connectivity index (χ0n) is 13.2. The van der Waals surface area contributed by atoms with E-state index in [9.17, 15) is 9.59 Å². The first-order chi connectivity index (χ1) is 11.0. The molecule has 2 aromatic heterocycles. The maximum absolute atomic E-state index is 12.5. The summed E-state index contributed by atoms with van der Waals surface area (Å²) in [5, 5.41) is 3.46. The van der Waals surface area contributed by atoms with Gasteiger partial charge in [-0.3, -0.25) is 9.59 Å². The SMILES string of the molecule is Cc1ccccc1CNC(=O)c1sc2ncn(C)c(=O)c2c1C. The average Bonchev–Trinajstić information content (AvgIpc) is 2.87. The summed E-state index contributed by atoms with van der Waals surface area (Å²) < 4.78 is 1.43. The third-order valence-electron chi connectivity index (χ3n) is 3.92. The van der Waals surface area contributed by atoms with Gasteiger partial charge < -0.3 is 9.88 Å². The molecule has 23 heavy (non-hydrogen) atoms. The number of thiophene rings is 1. The quantitative estimate of drug-likeness (QED) is 0.804. The van der Waals surface area contributed by atoms with Crippen molar-refractivity contribution < 1.29 is 4.79 Å². The number of amides is 1. The maximum atomic E-state index is 12.5. The van der Waals surface area contributed by atoms with Crippen molar-refractivity contribution in [2.75, 3.05) is 0 Å². The zero-order valence-corrected chi connectivity index (χ0v) is 14.0. The standard InChI is InChI=1S/C17H17N3O2S/c1-10-6-4-5-7-12(10)8-18-15(21)14-11(2)13-16(23-14)19-9-20(3)17(13)22/h4-7,9H,8H2,1-3H3,(H,18,21). The van der Waals surface area contributed by atoms with Crippen molar-refractivity contribution in [2.24, 2.45) is 7.05 Å². The van der Waals surface area contributed by atoms with Gasteiger partial charge in [0.2, 0.25) is 0 Å². The van der Waals surface area contributed by atoms with E-state index in [0.29, 0.717) is 27.2 Å². The van der Waals surface area contributed by atoms with E-state index in [2.05, 4.69) is 10.3 Å². The van der Waals surface area contributed by atoms with Gasteiger partial charge in [0, 0.05) is 13.6 Å². The zero-order chi connectivity index (χ0) is 16.6. The van der Waals surface area contributed by atoms with Crippen molar-refractivity contribution in [1.82, 2.24) is 14.9 Å². The lowest BCUT2D eigenvalue weighted by molar-refractivity contribution is 0.0954. The van der Waals surface area contributed by atoms with Gasteiger partial charge in [-0.25, -0.2) is 4.98 Å². The number of carbonyl (C=O) groups is 1. The predicted octanol–water partition coefficient (Wildman–Crippen LogP) is 2.54. The molecule has 0 unspecified atom stereocenters. The smallest absolute Gasteiger partial charge is 0.262 e. The highest BCUT2D eigenvalue weighted by Crippen LogP contribution is 2.26. The Balaban J connectivity index is 1.90. The Bertz CT molecular complexity index is 956. The van der Waals surface area contributed by atoms with E-state index in [1.165, 1.54) is 22.2 Å². The highest BCUT2D eigenvalue weighted by molar-refractivity contribution is 7.20. The van der Waals surface area contributed by atoms with E-state index in [-0.39, 0.29) is 11.5 Å². The molecule has 5 nitrogen and oxygen atoms in total. The van der Waals surface area contributed by atoms with Crippen LogP contribution < -0.4 is 10.9 Å². The molecule has 0 saturated heterocycles. The van der Waals surface area contributed by atoms with Crippen molar-refractivity contribution in [3.8, 4) is 0 Å². The van der Waals surface area contributed by atoms with Crippen molar-refractivity contribution in [3.05, 3.63) is 62.5 Å². The van der Waals surface area contributed by atoms with Crippen molar-refractivity contribution in [3.63, 3.8) is 0 Å². The highest BCUT2D eigenvalue weighted by Gasteiger charge is 2.18. The molecule has 0 aliphatic heterocycles. The Morgan fingerprint density at radius 2 is 2.04 bits per heavy atom. The van der Waals surface area contributed by atoms with Crippen molar-refractivity contribution in [1.29, 1.82) is 0 Å². The summed E-state index contributed by atoms with van der Waals surface area (Å²) in [6, 6.07) is 7.93. The van der Waals surface area contributed by atoms with E-state index >= 15 is 0 Å². The van der Waals surface area contributed by atoms with Gasteiger partial charge >= 0.3 is 0 Å². The molecule has 1 N–H and O–H groups in total. The van der Waals surface area contributed by atoms with Crippen LogP contribution in [0.25, 0.3) is 10.2 Å². The summed E-state index contributed by atoms with van der Waals surface area (Å²) in [5.41, 5.74) is 2.78. The number of fused-ring (bicyclic) bond motifs is 1. The number of rotatable bonds is 3. The molecule has 0 spiro atoms. The summed E-state index contributed by atoms with van der Waals surface area (Å²) in [6.07, 6.45) is 1.48. The number of hydrogen-bond donors (Lipinski definition) is 1. The molecule has 118 valence electrons. The highest BCUT2D eigenvalue weighted by atomic mass is 32.1. The third kappa shape index (κ3) is 2.77. The lowest BCUT2D eigenvalue weighted by atomic mass is 10.1. The second kappa shape index (κ2) is 5.96. The van der Waals surface area contributed by atoms with Gasteiger partial charge in [0.1, 0.15) is 4.83 Å². The Kier molecular flexibility index (Phi) is 4.00. The van der Waals surface area contributed by atoms with E-state index < -0.39 is 0 Å². The number of benzene rings is 1. The molecular weight excluding hydrogens is 310 g/mol. The van der Waals surface area contributed by atoms with Crippen LogP contribution in [0.4, 0.5) is 0 Å². The fourth-order valence-corrected chi connectivity index (χ4v) is 3.55. The first-order valence-electron chi connectivity index (χ1n) is 7.26. The van der Waals surface area contributed by atoms with Gasteiger partial charge in [-0.05, 0) is 30.5 Å². The largest absolute Gasteiger partial charge is 0.347 e. The second-order valence-electron chi connectivity index (χ2n) is 5.51. The Hall–Kier alpha value is -2.47. The molecule has 0 atom stereocenters. The molecule has 1 aromatic carbocycles. The van der Waals surface area contributed by atoms with Crippen LogP contribution in [0, 0.1) is 13.8 Å². The number of hydrogen-bond acceptors (Lipinski definition) is 4. The predicted molar refractivity (Wildman–Crippen MR) is 91.9 cm³/mol. The van der Waals surface area contributed by atoms with Gasteiger partial charge in [0.15, 0.2) is 0 Å². The van der Waals surface area contributed by atoms with E-state index in [1.54, 1.807) is 14.0 Å². The lowest BCUT2D eigenvalue weighted by Gasteiger charge is -2.07. The molecule has 0 radical (unpaired) electrons. The molecule has 0 aliphatic rings. The van der Waals surface area contributed by atoms with Crippen LogP contribution in [0.1, 0.15) is 26.4 Å². The Morgan fingerprint density at radius 3 is 2.78 bits per heavy atom. The third-order valence-corrected chi connectivity index (χ3v) is 5.12. The normalized spacial score (nSPS) is 10.9. The summed E-state index contributed by atoms with van der Waals surface area (Å²) in [5.74, 6) is -0.171. The van der Waals surface area contributed by atoms with E-state index in [4.69, 9.17) is 0 Å². The molecule has 3 rings (SSSR count). The molecule has 2 heterocycles. The molecule has 0 fully saturated rings. The van der Waals surface area contributed by atoms with Gasteiger partial charge in [-0.15, -0.1) is 11.3 Å². The summed E-state index contributed by atoms with van der Waals surface area (Å²) >= 11 is 1.26. The molecule has 1 amide bonds. The van der Waals surface area contributed by atoms with Crippen LogP contribution in [0.5, 0.6) is 0 Å². The maximum Gasteiger partial charge on any atom is 0.262 e. The summed E-state index contributed by atoms with van der Waals surface area (Å²) in [4.78, 5) is 30.1.